The van der Waals surface area contributed by atoms with Gasteiger partial charge in [0.1, 0.15) is 30.3 Å². The number of aromatic amines is 1. The van der Waals surface area contributed by atoms with Gasteiger partial charge in [-0.25, -0.2) is 4.79 Å². The Hall–Kier alpha value is -4.89. The molecule has 5 atom stereocenters. The fourth-order valence-corrected chi connectivity index (χ4v) is 6.60. The molecule has 0 spiro atoms. The number of fused-ring (bicyclic) bond motifs is 3. The minimum atomic E-state index is -1.43. The molecule has 1 aliphatic carbocycles. The van der Waals surface area contributed by atoms with Crippen LogP contribution >= 0.6 is 11.6 Å². The number of carbonyl (C=O) groups excluding carboxylic acids is 3. The highest BCUT2D eigenvalue weighted by Crippen LogP contribution is 2.38. The smallest absolute Gasteiger partial charge is 0.408 e. The molecular weight excluding hydrogens is 646 g/mol. The Balaban J connectivity index is 1.48. The molecule has 4 N–H and O–H groups in total. The first kappa shape index (κ1) is 35.4. The molecule has 12 nitrogen and oxygen atoms in total. The number of H-pyrrole nitrogens is 1. The van der Waals surface area contributed by atoms with Crippen molar-refractivity contribution in [2.45, 2.75) is 91.0 Å². The minimum absolute atomic E-state index is 0.0410. The molecule has 2 heterocycles. The van der Waals surface area contributed by atoms with Gasteiger partial charge >= 0.3 is 6.09 Å². The summed E-state index contributed by atoms with van der Waals surface area (Å²) in [7, 11) is 0. The van der Waals surface area contributed by atoms with Crippen molar-refractivity contribution in [3.8, 4) is 6.07 Å². The summed E-state index contributed by atoms with van der Waals surface area (Å²) in [5, 5.41) is 23.4. The summed E-state index contributed by atoms with van der Waals surface area (Å²) < 4.78 is 10.8. The van der Waals surface area contributed by atoms with Gasteiger partial charge in [-0.15, -0.1) is 0 Å². The molecule has 4 aromatic rings. The molecular formula is C36H42ClN7O5. The van der Waals surface area contributed by atoms with Gasteiger partial charge in [-0.1, -0.05) is 82.5 Å². The maximum atomic E-state index is 14.7. The minimum Gasteiger partial charge on any atom is -0.445 e. The van der Waals surface area contributed by atoms with Gasteiger partial charge in [-0.05, 0) is 65.6 Å². The zero-order chi connectivity index (χ0) is 35.3. The Morgan fingerprint density at radius 1 is 1.12 bits per heavy atom. The Morgan fingerprint density at radius 2 is 1.86 bits per heavy atom. The Bertz CT molecular complexity index is 1870. The van der Waals surface area contributed by atoms with Crippen LogP contribution in [0.2, 0.25) is 5.02 Å². The largest absolute Gasteiger partial charge is 0.445 e. The Kier molecular flexibility index (Phi) is 10.9. The van der Waals surface area contributed by atoms with E-state index in [0.29, 0.717) is 24.3 Å². The number of aryl methyl sites for hydroxylation is 2. The normalized spacial score (nSPS) is 18.0. The van der Waals surface area contributed by atoms with E-state index in [1.807, 2.05) is 83.2 Å². The van der Waals surface area contributed by atoms with Crippen LogP contribution in [0.25, 0.3) is 10.9 Å². The molecule has 0 bridgehead atoms. The lowest BCUT2D eigenvalue weighted by Crippen LogP contribution is -2.65. The number of hydrogen-bond acceptors (Lipinski definition) is 8. The number of amides is 3. The quantitative estimate of drug-likeness (QED) is 0.141. The average molecular weight is 688 g/mol. The van der Waals surface area contributed by atoms with Gasteiger partial charge in [0.05, 0.1) is 10.5 Å². The molecule has 0 radical (unpaired) electrons. The lowest BCUT2D eigenvalue weighted by atomic mass is 9.78. The highest BCUT2D eigenvalue weighted by molar-refractivity contribution is 6.35. The van der Waals surface area contributed by atoms with E-state index in [0.717, 1.165) is 33.3 Å². The zero-order valence-electron chi connectivity index (χ0n) is 28.4. The van der Waals surface area contributed by atoms with Crippen molar-refractivity contribution in [2.24, 2.45) is 11.8 Å². The summed E-state index contributed by atoms with van der Waals surface area (Å²) >= 11 is 6.63. The van der Waals surface area contributed by atoms with Crippen LogP contribution in [-0.4, -0.2) is 44.6 Å². The van der Waals surface area contributed by atoms with Gasteiger partial charge in [0, 0.05) is 17.5 Å². The summed E-state index contributed by atoms with van der Waals surface area (Å²) in [6.45, 7) is 9.67. The van der Waals surface area contributed by atoms with E-state index in [2.05, 4.69) is 31.1 Å². The molecule has 1 aliphatic rings. The SMILES string of the molecule is CCC(C)[C@H](NC(=O)OCc1ccccc1)C(=O)N[C@]1(C(=O)N[C@H](c2nc(C#N)no2)C(C)CC)CCc2[nH]c3c(Cl)cc(C)cc3c2C1. The van der Waals surface area contributed by atoms with Crippen LogP contribution in [0.5, 0.6) is 0 Å². The van der Waals surface area contributed by atoms with Crippen molar-refractivity contribution in [1.29, 1.82) is 5.26 Å². The molecule has 0 saturated heterocycles. The summed E-state index contributed by atoms with van der Waals surface area (Å²) in [4.78, 5) is 49.5. The lowest BCUT2D eigenvalue weighted by molar-refractivity contribution is -0.136. The Morgan fingerprint density at radius 3 is 2.53 bits per heavy atom. The van der Waals surface area contributed by atoms with Crippen LogP contribution in [0.15, 0.2) is 47.0 Å². The molecule has 0 saturated carbocycles. The second-order valence-corrected chi connectivity index (χ2v) is 13.4. The van der Waals surface area contributed by atoms with Crippen molar-refractivity contribution < 1.29 is 23.6 Å². The van der Waals surface area contributed by atoms with Gasteiger partial charge in [0.2, 0.25) is 17.7 Å². The number of carbonyl (C=O) groups is 3. The van der Waals surface area contributed by atoms with Crippen molar-refractivity contribution in [3.05, 3.63) is 81.6 Å². The summed E-state index contributed by atoms with van der Waals surface area (Å²) in [6, 6.07) is 13.3. The molecule has 0 fully saturated rings. The van der Waals surface area contributed by atoms with Gasteiger partial charge in [0.15, 0.2) is 0 Å². The second kappa shape index (κ2) is 15.1. The highest BCUT2D eigenvalue weighted by Gasteiger charge is 2.47. The number of aromatic nitrogens is 3. The zero-order valence-corrected chi connectivity index (χ0v) is 29.1. The monoisotopic (exact) mass is 687 g/mol. The number of nitriles is 1. The molecule has 3 amide bonds. The lowest BCUT2D eigenvalue weighted by Gasteiger charge is -2.39. The van der Waals surface area contributed by atoms with Crippen LogP contribution < -0.4 is 16.0 Å². The number of alkyl carbamates (subject to hydrolysis) is 1. The molecule has 49 heavy (non-hydrogen) atoms. The van der Waals surface area contributed by atoms with E-state index in [1.165, 1.54) is 0 Å². The number of nitrogens with zero attached hydrogens (tertiary/aromatic N) is 3. The summed E-state index contributed by atoms with van der Waals surface area (Å²) in [5.74, 6) is -1.43. The third-order valence-electron chi connectivity index (χ3n) is 9.57. The summed E-state index contributed by atoms with van der Waals surface area (Å²) in [6.07, 6.45) is 1.36. The number of rotatable bonds is 12. The maximum absolute atomic E-state index is 14.7. The highest BCUT2D eigenvalue weighted by atomic mass is 35.5. The van der Waals surface area contributed by atoms with Crippen LogP contribution in [0.3, 0.4) is 0 Å². The Labute approximate surface area is 290 Å². The fourth-order valence-electron chi connectivity index (χ4n) is 6.27. The first-order valence-electron chi connectivity index (χ1n) is 16.6. The van der Waals surface area contributed by atoms with Crippen LogP contribution in [0, 0.1) is 30.1 Å². The van der Waals surface area contributed by atoms with E-state index in [1.54, 1.807) is 0 Å². The first-order valence-corrected chi connectivity index (χ1v) is 17.0. The van der Waals surface area contributed by atoms with Crippen LogP contribution in [0.1, 0.15) is 87.1 Å². The van der Waals surface area contributed by atoms with E-state index >= 15 is 0 Å². The second-order valence-electron chi connectivity index (χ2n) is 13.0. The van der Waals surface area contributed by atoms with E-state index in [9.17, 15) is 19.6 Å². The predicted molar refractivity (Wildman–Crippen MR) is 183 cm³/mol. The number of ether oxygens (including phenoxy) is 1. The number of benzene rings is 2. The van der Waals surface area contributed by atoms with Crippen LogP contribution in [-0.2, 0) is 33.8 Å². The third-order valence-corrected chi connectivity index (χ3v) is 9.86. The number of nitrogens with one attached hydrogen (secondary N) is 4. The first-order chi connectivity index (χ1) is 23.5. The van der Waals surface area contributed by atoms with Crippen molar-refractivity contribution in [3.63, 3.8) is 0 Å². The molecule has 5 rings (SSSR count). The molecule has 0 aliphatic heterocycles. The maximum Gasteiger partial charge on any atom is 0.408 e. The number of hydrogen-bond donors (Lipinski definition) is 4. The van der Waals surface area contributed by atoms with Gasteiger partial charge in [0.25, 0.3) is 5.82 Å². The van der Waals surface area contributed by atoms with E-state index in [4.69, 9.17) is 20.9 Å². The molecule has 258 valence electrons. The number of halogens is 1. The average Bonchev–Trinajstić information content (AvgIpc) is 3.73. The molecule has 13 heteroatoms. The van der Waals surface area contributed by atoms with E-state index < -0.39 is 35.5 Å². The standard InChI is InChI=1S/C36H42ClN7O5/c1-6-21(4)29(42-35(47)48-19-23-11-9-8-10-12-23)32(45)43-36(34(46)41-30(22(5)7-2)33-40-28(18-38)44-49-33)14-13-27-25(17-36)24-15-20(3)16-26(37)31(24)39-27/h8-12,15-16,21-22,29-30,39H,6-7,13-14,17,19H2,1-5H3,(H,41,46)(H,42,47)(H,43,45)/t21?,22?,29-,30-,36+/m0/s1. The van der Waals surface area contributed by atoms with Crippen molar-refractivity contribution >= 4 is 40.4 Å². The van der Waals surface area contributed by atoms with Crippen molar-refractivity contribution in [2.75, 3.05) is 0 Å². The summed E-state index contributed by atoms with van der Waals surface area (Å²) in [5.41, 5.74) is 2.93. The van der Waals surface area contributed by atoms with Gasteiger partial charge in [-0.2, -0.15) is 10.2 Å². The van der Waals surface area contributed by atoms with E-state index in [-0.39, 0.29) is 43.0 Å². The van der Waals surface area contributed by atoms with Gasteiger partial charge in [-0.3, -0.25) is 9.59 Å². The molecule has 2 aromatic heterocycles. The van der Waals surface area contributed by atoms with Gasteiger partial charge < -0.3 is 30.2 Å². The predicted octanol–water partition coefficient (Wildman–Crippen LogP) is 5.97. The molecule has 2 aromatic carbocycles. The van der Waals surface area contributed by atoms with Crippen molar-refractivity contribution in [1.82, 2.24) is 31.1 Å². The topological polar surface area (TPSA) is 175 Å². The fraction of sp³-hybridized carbons (Fsp3) is 0.444. The van der Waals surface area contributed by atoms with Crippen LogP contribution in [0.4, 0.5) is 4.79 Å². The third kappa shape index (κ3) is 7.73. The molecule has 2 unspecified atom stereocenters.